The van der Waals surface area contributed by atoms with E-state index in [0.717, 1.165) is 79.0 Å². The van der Waals surface area contributed by atoms with Gasteiger partial charge in [0.25, 0.3) is 0 Å². The lowest BCUT2D eigenvalue weighted by Crippen LogP contribution is -2.60. The number of aliphatic hydroxyl groups is 3. The average molecular weight is 1250 g/mol. The number of carbonyl (C=O) groups excluding carboxylic acids is 4. The van der Waals surface area contributed by atoms with Crippen LogP contribution in [0.1, 0.15) is 132 Å². The highest BCUT2D eigenvalue weighted by molar-refractivity contribution is 6.31. The molecule has 89 heavy (non-hydrogen) atoms. The third kappa shape index (κ3) is 19.1. The number of nitrogens with zero attached hydrogens (tertiary/aromatic N) is 4. The lowest BCUT2D eigenvalue weighted by molar-refractivity contribution is -0.155. The molecular formula is C70H97ClN6O12. The van der Waals surface area contributed by atoms with Crippen molar-refractivity contribution in [3.8, 4) is 5.75 Å². The van der Waals surface area contributed by atoms with E-state index in [1.54, 1.807) is 45.4 Å². The van der Waals surface area contributed by atoms with Gasteiger partial charge in [0.15, 0.2) is 5.78 Å². The van der Waals surface area contributed by atoms with Crippen LogP contribution in [0.15, 0.2) is 132 Å². The summed E-state index contributed by atoms with van der Waals surface area (Å²) >= 11 is 5.85. The molecule has 10 rings (SSSR count). The summed E-state index contributed by atoms with van der Waals surface area (Å²) in [5, 5.41) is 34.6. The second-order valence-corrected chi connectivity index (χ2v) is 25.4. The topological polar surface area (TPSA) is 235 Å². The lowest BCUT2D eigenvalue weighted by Gasteiger charge is -2.50. The maximum atomic E-state index is 12.5. The summed E-state index contributed by atoms with van der Waals surface area (Å²) in [7, 11) is 10.1. The monoisotopic (exact) mass is 1250 g/mol. The Morgan fingerprint density at radius 1 is 0.865 bits per heavy atom. The number of benzene rings is 4. The number of aliphatic imine (C=N–C) groups is 1. The molecule has 2 bridgehead atoms. The summed E-state index contributed by atoms with van der Waals surface area (Å²) in [4.78, 5) is 59.7. The first-order chi connectivity index (χ1) is 42.4. The SMILES string of the molecule is CC(N)[C@@H](O)c1ccccc1.CC(NC(C)(C)C)C(=O)c1cccc(Cl)c1.CC[C@@H]1CN2CC[C@@]3(O)C(=Nc4cccc(OC)c43)[C@@H]2C[C@@H]1/C(=C\OC)C(=O)OC.CN1[C@@H]2CC[C@H]1C[C@@H](OC(=O)C(CO)c1ccccc1)C2.COC(=O)C1=CCCN(C)C1. The number of halogens is 1. The van der Waals surface area contributed by atoms with Crippen molar-refractivity contribution < 1.29 is 58.2 Å². The van der Waals surface area contributed by atoms with Gasteiger partial charge in [0.1, 0.15) is 23.4 Å². The van der Waals surface area contributed by atoms with Crippen LogP contribution in [0.4, 0.5) is 5.69 Å². The van der Waals surface area contributed by atoms with E-state index >= 15 is 0 Å². The van der Waals surface area contributed by atoms with Crippen molar-refractivity contribution in [2.75, 3.05) is 75.3 Å². The number of ether oxygens (including phenoxy) is 5. The Balaban J connectivity index is 0.000000188. The van der Waals surface area contributed by atoms with Gasteiger partial charge < -0.3 is 59.9 Å². The number of nitrogens with two attached hydrogens (primary N) is 1. The van der Waals surface area contributed by atoms with E-state index in [-0.39, 0.29) is 66.0 Å². The molecule has 0 aliphatic carbocycles. The Bertz CT molecular complexity index is 3030. The van der Waals surface area contributed by atoms with Crippen LogP contribution in [0.5, 0.6) is 5.75 Å². The first kappa shape index (κ1) is 71.8. The Labute approximate surface area is 532 Å². The molecule has 4 fully saturated rings. The molecule has 0 spiro atoms. The molecule has 6 N–H and O–H groups in total. The van der Waals surface area contributed by atoms with Crippen molar-refractivity contribution in [2.45, 2.75) is 152 Å². The zero-order chi connectivity index (χ0) is 65.2. The summed E-state index contributed by atoms with van der Waals surface area (Å²) in [6, 6.07) is 32.2. The first-order valence-electron chi connectivity index (χ1n) is 31.1. The highest BCUT2D eigenvalue weighted by Crippen LogP contribution is 2.52. The Morgan fingerprint density at radius 3 is 2.06 bits per heavy atom. The lowest BCUT2D eigenvalue weighted by atomic mass is 9.70. The molecule has 4 aromatic rings. The first-order valence-corrected chi connectivity index (χ1v) is 31.4. The molecule has 3 unspecified atom stereocenters. The molecule has 0 amide bonds. The fourth-order valence-corrected chi connectivity index (χ4v) is 13.1. The number of aliphatic hydroxyl groups excluding tert-OH is 2. The molecule has 18 nitrogen and oxygen atoms in total. The van der Waals surface area contributed by atoms with Crippen LogP contribution in [0.25, 0.3) is 0 Å². The van der Waals surface area contributed by atoms with Gasteiger partial charge >= 0.3 is 17.9 Å². The van der Waals surface area contributed by atoms with E-state index in [1.807, 2.05) is 120 Å². The van der Waals surface area contributed by atoms with Crippen molar-refractivity contribution in [3.63, 3.8) is 0 Å². The van der Waals surface area contributed by atoms with Gasteiger partial charge in [-0.1, -0.05) is 110 Å². The van der Waals surface area contributed by atoms with Gasteiger partial charge in [-0.2, -0.15) is 0 Å². The van der Waals surface area contributed by atoms with Crippen LogP contribution < -0.4 is 15.8 Å². The van der Waals surface area contributed by atoms with E-state index < -0.39 is 17.6 Å². The summed E-state index contributed by atoms with van der Waals surface area (Å²) in [5.74, 6) is -0.421. The highest BCUT2D eigenvalue weighted by Gasteiger charge is 2.54. The number of fused-ring (bicyclic) bond motifs is 7. The second-order valence-electron chi connectivity index (χ2n) is 25.0. The smallest absolute Gasteiger partial charge is 0.337 e. The molecule has 4 saturated heterocycles. The van der Waals surface area contributed by atoms with Crippen molar-refractivity contribution in [2.24, 2.45) is 22.6 Å². The quantitative estimate of drug-likeness (QED) is 0.0245. The Kier molecular flexibility index (Phi) is 27.1. The number of hydrogen-bond acceptors (Lipinski definition) is 18. The number of carbonyl (C=O) groups is 4. The van der Waals surface area contributed by atoms with E-state index in [9.17, 15) is 34.5 Å². The van der Waals surface area contributed by atoms with Crippen molar-refractivity contribution in [1.82, 2.24) is 20.0 Å². The number of methoxy groups -OCH3 is 4. The number of Topliss-reactive ketones (excluding diaryl/α,β-unsaturated/α-hetero) is 1. The normalized spacial score (nSPS) is 24.2. The maximum Gasteiger partial charge on any atom is 0.337 e. The molecule has 6 heterocycles. The molecule has 6 aliphatic heterocycles. The molecule has 4 aromatic carbocycles. The standard InChI is InChI=1S/C23H30N2O5.C17H23NO3.C13H18ClNO.C9H13NO.C8H13NO2/c1-5-14-12-25-10-9-23(27)20-17(7-6-8-19(20)29-3)24-21(23)18(25)11-15(14)16(13-28-2)22(26)30-4;1-18-13-7-8-14(18)10-15(9-13)21-17(20)16(11-19)12-5-3-2-4-6-12;1-9(15-13(2,3)4)12(16)10-6-5-7-11(14)8-10;1-7(10)9(11)8-5-3-2-4-6-8;1-9-5-3-4-7(6-9)8(10)11-2/h6-8,13-15,18,27H,5,9-12H2,1-4H3;2-6,13-16,19H,7-11H2,1H3;5-9,15H,1-4H3;2-7,9,11H,10H2,1H3;4H,3,5-6H2,1-2H3/b16-13+;;;;/t14-,15+,18+,23+;13-,14+,15+,16?;;7?,9-;/m1..1./s1. The zero-order valence-electron chi connectivity index (χ0n) is 54.2. The van der Waals surface area contributed by atoms with Crippen LogP contribution in [-0.4, -0.2) is 177 Å². The van der Waals surface area contributed by atoms with E-state index in [1.165, 1.54) is 33.3 Å². The maximum absolute atomic E-state index is 12.5. The van der Waals surface area contributed by atoms with Gasteiger partial charge in [-0.3, -0.25) is 19.5 Å². The van der Waals surface area contributed by atoms with Crippen LogP contribution in [0, 0.1) is 11.8 Å². The number of hydrogen-bond donors (Lipinski definition) is 5. The minimum Gasteiger partial charge on any atom is -0.504 e. The zero-order valence-corrected chi connectivity index (χ0v) is 55.0. The number of ketones is 1. The average Bonchev–Trinajstić information content (AvgIpc) is 1.63. The van der Waals surface area contributed by atoms with Gasteiger partial charge in [0.05, 0.1) is 82.0 Å². The minimum absolute atomic E-state index is 0.00367. The number of esters is 3. The van der Waals surface area contributed by atoms with Crippen LogP contribution >= 0.6 is 11.6 Å². The summed E-state index contributed by atoms with van der Waals surface area (Å²) in [6.07, 6.45) is 10.3. The van der Waals surface area contributed by atoms with Gasteiger partial charge in [0, 0.05) is 66.0 Å². The molecule has 19 heteroatoms. The summed E-state index contributed by atoms with van der Waals surface area (Å²) in [6.45, 7) is 15.1. The number of nitrogens with one attached hydrogen (secondary N) is 1. The highest BCUT2D eigenvalue weighted by atomic mass is 35.5. The number of piperidine rings is 3. The fourth-order valence-electron chi connectivity index (χ4n) is 12.9. The van der Waals surface area contributed by atoms with Crippen LogP contribution in [0.3, 0.4) is 0 Å². The minimum atomic E-state index is -1.14. The Hall–Kier alpha value is -6.32. The molecule has 0 aromatic heterocycles. The molecule has 0 radical (unpaired) electrons. The third-order valence-corrected chi connectivity index (χ3v) is 17.7. The largest absolute Gasteiger partial charge is 0.504 e. The molecular weight excluding hydrogens is 1150 g/mol. The number of likely N-dealkylation sites (N-methyl/N-ethyl adjacent to an activating group) is 1. The van der Waals surface area contributed by atoms with E-state index in [2.05, 4.69) is 38.7 Å². The van der Waals surface area contributed by atoms with Gasteiger partial charge in [-0.25, -0.2) is 9.59 Å². The summed E-state index contributed by atoms with van der Waals surface area (Å²) in [5.41, 5.74) is 10.3. The molecule has 486 valence electrons. The molecule has 0 saturated carbocycles. The van der Waals surface area contributed by atoms with Crippen molar-refractivity contribution in [1.29, 1.82) is 0 Å². The van der Waals surface area contributed by atoms with Gasteiger partial charge in [-0.15, -0.1) is 0 Å². The van der Waals surface area contributed by atoms with Gasteiger partial charge in [-0.05, 0) is 141 Å². The predicted molar refractivity (Wildman–Crippen MR) is 348 cm³/mol. The third-order valence-electron chi connectivity index (χ3n) is 17.5. The number of rotatable bonds is 15. The van der Waals surface area contributed by atoms with Crippen LogP contribution in [0.2, 0.25) is 5.02 Å². The molecule has 11 atom stereocenters. The van der Waals surface area contributed by atoms with Crippen LogP contribution in [-0.2, 0) is 38.9 Å². The fraction of sp³-hybridized carbons (Fsp3) is 0.529. The second kappa shape index (κ2) is 33.7. The Morgan fingerprint density at radius 2 is 1.51 bits per heavy atom. The predicted octanol–water partition coefficient (Wildman–Crippen LogP) is 9.51. The molecule has 6 aliphatic rings. The van der Waals surface area contributed by atoms with Crippen molar-refractivity contribution in [3.05, 3.63) is 154 Å². The van der Waals surface area contributed by atoms with E-state index in [4.69, 9.17) is 41.3 Å². The van der Waals surface area contributed by atoms with Crippen molar-refractivity contribution >= 4 is 46.7 Å². The van der Waals surface area contributed by atoms with Gasteiger partial charge in [0.2, 0.25) is 0 Å². The summed E-state index contributed by atoms with van der Waals surface area (Å²) < 4.78 is 26.1. The van der Waals surface area contributed by atoms with E-state index in [0.29, 0.717) is 59.3 Å².